The van der Waals surface area contributed by atoms with Gasteiger partial charge >= 0.3 is 5.97 Å². The van der Waals surface area contributed by atoms with Crippen LogP contribution in [0, 0.1) is 0 Å². The van der Waals surface area contributed by atoms with Crippen molar-refractivity contribution in [1.29, 1.82) is 0 Å². The highest BCUT2D eigenvalue weighted by Gasteiger charge is 2.35. The van der Waals surface area contributed by atoms with Gasteiger partial charge in [-0.15, -0.1) is 0 Å². The highest BCUT2D eigenvalue weighted by Crippen LogP contribution is 2.38. The zero-order valence-corrected chi connectivity index (χ0v) is 9.91. The lowest BCUT2D eigenvalue weighted by Gasteiger charge is -2.34. The summed E-state index contributed by atoms with van der Waals surface area (Å²) in [6, 6.07) is 0. The van der Waals surface area contributed by atoms with Gasteiger partial charge in [0.05, 0.1) is 0 Å². The molecule has 16 heavy (non-hydrogen) atoms. The number of esters is 1. The monoisotopic (exact) mass is 222 g/mol. The fourth-order valence-electron chi connectivity index (χ4n) is 2.47. The summed E-state index contributed by atoms with van der Waals surface area (Å²) in [6.45, 7) is 1.42. The van der Waals surface area contributed by atoms with Crippen LogP contribution in [0.15, 0.2) is 23.3 Å². The third kappa shape index (κ3) is 2.19. The van der Waals surface area contributed by atoms with Crippen molar-refractivity contribution in [2.24, 2.45) is 0 Å². The van der Waals surface area contributed by atoms with E-state index < -0.39 is 5.79 Å². The van der Waals surface area contributed by atoms with E-state index in [0.717, 1.165) is 12.8 Å². The highest BCUT2D eigenvalue weighted by atomic mass is 16.7. The molecule has 0 spiro atoms. The lowest BCUT2D eigenvalue weighted by molar-refractivity contribution is -0.198. The van der Waals surface area contributed by atoms with Crippen LogP contribution in [0.5, 0.6) is 0 Å². The Bertz CT molecular complexity index is 354. The summed E-state index contributed by atoms with van der Waals surface area (Å²) < 4.78 is 10.7. The summed E-state index contributed by atoms with van der Waals surface area (Å²) in [4.78, 5) is 11.1. The maximum atomic E-state index is 11.1. The molecule has 1 atom stereocenters. The van der Waals surface area contributed by atoms with Crippen LogP contribution in [0.4, 0.5) is 0 Å². The molecule has 3 heteroatoms. The third-order valence-corrected chi connectivity index (χ3v) is 3.29. The summed E-state index contributed by atoms with van der Waals surface area (Å²) >= 11 is 0. The average molecular weight is 222 g/mol. The van der Waals surface area contributed by atoms with Gasteiger partial charge in [-0.25, -0.2) is 0 Å². The van der Waals surface area contributed by atoms with Crippen molar-refractivity contribution in [3.63, 3.8) is 0 Å². The molecule has 1 unspecified atom stereocenters. The molecule has 0 aromatic rings. The van der Waals surface area contributed by atoms with Crippen molar-refractivity contribution in [2.75, 3.05) is 7.11 Å². The van der Waals surface area contributed by atoms with Crippen LogP contribution in [-0.2, 0) is 14.3 Å². The van der Waals surface area contributed by atoms with E-state index in [2.05, 4.69) is 6.08 Å². The molecule has 0 bridgehead atoms. The van der Waals surface area contributed by atoms with E-state index in [0.29, 0.717) is 6.42 Å². The molecule has 0 aromatic carbocycles. The van der Waals surface area contributed by atoms with E-state index in [4.69, 9.17) is 9.47 Å². The molecule has 88 valence electrons. The van der Waals surface area contributed by atoms with Crippen molar-refractivity contribution >= 4 is 5.97 Å². The molecule has 0 amide bonds. The number of carbonyl (C=O) groups is 1. The molecule has 2 aliphatic carbocycles. The Morgan fingerprint density at radius 3 is 2.81 bits per heavy atom. The van der Waals surface area contributed by atoms with E-state index in [1.807, 2.05) is 6.08 Å². The van der Waals surface area contributed by atoms with Gasteiger partial charge in [-0.2, -0.15) is 0 Å². The number of ether oxygens (including phenoxy) is 2. The van der Waals surface area contributed by atoms with Crippen LogP contribution in [-0.4, -0.2) is 18.9 Å². The Hall–Kier alpha value is -1.09. The van der Waals surface area contributed by atoms with Crippen LogP contribution >= 0.6 is 0 Å². The normalized spacial score (nSPS) is 28.9. The van der Waals surface area contributed by atoms with Crippen molar-refractivity contribution < 1.29 is 14.3 Å². The Morgan fingerprint density at radius 2 is 2.12 bits per heavy atom. The quantitative estimate of drug-likeness (QED) is 0.532. The molecule has 2 rings (SSSR count). The first-order chi connectivity index (χ1) is 7.65. The number of hydrogen-bond acceptors (Lipinski definition) is 3. The largest absolute Gasteiger partial charge is 0.429 e. The Morgan fingerprint density at radius 1 is 1.38 bits per heavy atom. The topological polar surface area (TPSA) is 35.5 Å². The molecule has 0 aromatic heterocycles. The van der Waals surface area contributed by atoms with Crippen molar-refractivity contribution in [3.05, 3.63) is 23.3 Å². The minimum atomic E-state index is -0.859. The van der Waals surface area contributed by atoms with Gasteiger partial charge in [0.15, 0.2) is 0 Å². The second kappa shape index (κ2) is 4.42. The summed E-state index contributed by atoms with van der Waals surface area (Å²) in [5, 5.41) is 0. The van der Waals surface area contributed by atoms with E-state index in [1.165, 1.54) is 30.9 Å². The van der Waals surface area contributed by atoms with Crippen LogP contribution in [0.25, 0.3) is 0 Å². The average Bonchev–Trinajstić information content (AvgIpc) is 2.28. The summed E-state index contributed by atoms with van der Waals surface area (Å²) in [5.41, 5.74) is 2.79. The predicted molar refractivity (Wildman–Crippen MR) is 60.8 cm³/mol. The van der Waals surface area contributed by atoms with Gasteiger partial charge < -0.3 is 9.47 Å². The Balaban J connectivity index is 2.18. The molecular formula is C13H18O3. The smallest absolute Gasteiger partial charge is 0.305 e. The standard InChI is InChI=1S/C13H18O3/c1-10(14)16-13(15-2)8-7-11-5-3-4-6-12(11)9-13/h7-8H,3-6,9H2,1-2H3. The molecule has 3 nitrogen and oxygen atoms in total. The summed E-state index contributed by atoms with van der Waals surface area (Å²) in [6.07, 6.45) is 9.36. The van der Waals surface area contributed by atoms with Gasteiger partial charge in [0.25, 0.3) is 0 Å². The Labute approximate surface area is 96.1 Å². The Kier molecular flexibility index (Phi) is 3.15. The van der Waals surface area contributed by atoms with Crippen LogP contribution in [0.3, 0.4) is 0 Å². The van der Waals surface area contributed by atoms with Crippen LogP contribution < -0.4 is 0 Å². The molecule has 0 fully saturated rings. The number of rotatable bonds is 2. The van der Waals surface area contributed by atoms with Gasteiger partial charge in [-0.1, -0.05) is 11.6 Å². The zero-order valence-electron chi connectivity index (χ0n) is 9.91. The predicted octanol–water partition coefficient (Wildman–Crippen LogP) is 2.72. The zero-order chi connectivity index (χ0) is 11.6. The lowest BCUT2D eigenvalue weighted by atomic mass is 9.83. The second-order valence-electron chi connectivity index (χ2n) is 4.46. The molecule has 0 heterocycles. The minimum Gasteiger partial charge on any atom is -0.429 e. The minimum absolute atomic E-state index is 0.300. The molecule has 0 N–H and O–H groups in total. The van der Waals surface area contributed by atoms with E-state index in [-0.39, 0.29) is 5.97 Å². The van der Waals surface area contributed by atoms with E-state index in [9.17, 15) is 4.79 Å². The first-order valence-electron chi connectivity index (χ1n) is 5.80. The van der Waals surface area contributed by atoms with Gasteiger partial charge in [0.1, 0.15) is 0 Å². The second-order valence-corrected chi connectivity index (χ2v) is 4.46. The lowest BCUT2D eigenvalue weighted by Crippen LogP contribution is -2.37. The number of hydrogen-bond donors (Lipinski definition) is 0. The first kappa shape index (κ1) is 11.4. The van der Waals surface area contributed by atoms with Gasteiger partial charge in [0.2, 0.25) is 5.79 Å². The molecule has 0 saturated carbocycles. The van der Waals surface area contributed by atoms with Crippen molar-refractivity contribution in [1.82, 2.24) is 0 Å². The van der Waals surface area contributed by atoms with Crippen molar-refractivity contribution in [2.45, 2.75) is 44.8 Å². The van der Waals surface area contributed by atoms with E-state index >= 15 is 0 Å². The molecule has 2 aliphatic rings. The summed E-state index contributed by atoms with van der Waals surface area (Å²) in [7, 11) is 1.58. The maximum absolute atomic E-state index is 11.1. The number of methoxy groups -OCH3 is 1. The maximum Gasteiger partial charge on any atom is 0.305 e. The first-order valence-corrected chi connectivity index (χ1v) is 5.80. The SMILES string of the molecule is COC1(OC(C)=O)C=CC2=C(CCCC2)C1. The molecule has 0 aliphatic heterocycles. The van der Waals surface area contributed by atoms with E-state index in [1.54, 1.807) is 7.11 Å². The van der Waals surface area contributed by atoms with Gasteiger partial charge in [0, 0.05) is 20.5 Å². The fraction of sp³-hybridized carbons (Fsp3) is 0.615. The molecule has 0 saturated heterocycles. The molecule has 0 radical (unpaired) electrons. The van der Waals surface area contributed by atoms with Gasteiger partial charge in [-0.3, -0.25) is 4.79 Å². The molecular weight excluding hydrogens is 204 g/mol. The summed E-state index contributed by atoms with van der Waals surface area (Å²) in [5.74, 6) is -1.16. The van der Waals surface area contributed by atoms with Gasteiger partial charge in [-0.05, 0) is 37.3 Å². The van der Waals surface area contributed by atoms with Crippen LogP contribution in [0.2, 0.25) is 0 Å². The number of carbonyl (C=O) groups excluding carboxylic acids is 1. The fourth-order valence-corrected chi connectivity index (χ4v) is 2.47. The van der Waals surface area contributed by atoms with Crippen LogP contribution in [0.1, 0.15) is 39.0 Å². The van der Waals surface area contributed by atoms with Crippen molar-refractivity contribution in [3.8, 4) is 0 Å². The third-order valence-electron chi connectivity index (χ3n) is 3.29. The highest BCUT2D eigenvalue weighted by molar-refractivity contribution is 5.66. The number of allylic oxidation sites excluding steroid dienone is 2.